The first kappa shape index (κ1) is 29.6. The van der Waals surface area contributed by atoms with Gasteiger partial charge in [0.2, 0.25) is 0 Å². The van der Waals surface area contributed by atoms with Crippen LogP contribution in [-0.4, -0.2) is 38.9 Å². The van der Waals surface area contributed by atoms with Gasteiger partial charge in [0.15, 0.2) is 6.17 Å². The zero-order valence-corrected chi connectivity index (χ0v) is 21.5. The Kier molecular flexibility index (Phi) is 7.65. The van der Waals surface area contributed by atoms with Crippen molar-refractivity contribution in [3.05, 3.63) is 95.3 Å². The molecule has 14 heteroatoms. The first-order chi connectivity index (χ1) is 19.0. The summed E-state index contributed by atoms with van der Waals surface area (Å²) in [5.41, 5.74) is -3.88. The highest BCUT2D eigenvalue weighted by molar-refractivity contribution is 5.98. The fourth-order valence-corrected chi connectivity index (χ4v) is 4.54. The number of hydrogen-bond acceptors (Lipinski definition) is 3. The topological polar surface area (TPSA) is 76.1 Å². The van der Waals surface area contributed by atoms with E-state index in [0.717, 1.165) is 47.4 Å². The molecule has 4 amide bonds. The number of benzene rings is 3. The Labute approximate surface area is 229 Å². The van der Waals surface area contributed by atoms with Crippen molar-refractivity contribution in [2.75, 3.05) is 10.2 Å². The van der Waals surface area contributed by atoms with Crippen molar-refractivity contribution in [2.45, 2.75) is 44.4 Å². The summed E-state index contributed by atoms with van der Waals surface area (Å²) in [6.45, 7) is 2.70. The summed E-state index contributed by atoms with van der Waals surface area (Å²) in [5.74, 6) is -0.544. The van der Waals surface area contributed by atoms with Crippen molar-refractivity contribution in [2.24, 2.45) is 0 Å². The average Bonchev–Trinajstić information content (AvgIpc) is 3.09. The minimum absolute atomic E-state index is 0.0447. The van der Waals surface area contributed by atoms with Gasteiger partial charge in [0, 0.05) is 17.9 Å². The molecule has 0 aliphatic carbocycles. The maximum atomic E-state index is 13.7. The van der Waals surface area contributed by atoms with Gasteiger partial charge in [0.25, 0.3) is 0 Å². The van der Waals surface area contributed by atoms with Crippen molar-refractivity contribution in [3.8, 4) is 0 Å². The minimum atomic E-state index is -4.78. The second kappa shape index (κ2) is 10.6. The molecule has 0 spiro atoms. The van der Waals surface area contributed by atoms with Crippen LogP contribution in [-0.2, 0) is 18.9 Å². The van der Waals surface area contributed by atoms with Gasteiger partial charge >= 0.3 is 24.4 Å². The van der Waals surface area contributed by atoms with E-state index in [1.54, 1.807) is 0 Å². The highest BCUT2D eigenvalue weighted by Crippen LogP contribution is 2.41. The highest BCUT2D eigenvalue weighted by Gasteiger charge is 2.56. The van der Waals surface area contributed by atoms with Crippen molar-refractivity contribution in [1.82, 2.24) is 9.96 Å². The molecule has 1 heterocycles. The molecule has 218 valence electrons. The number of amides is 4. The smallest absolute Gasteiger partial charge is 0.311 e. The lowest BCUT2D eigenvalue weighted by atomic mass is 9.99. The number of urea groups is 2. The van der Waals surface area contributed by atoms with Gasteiger partial charge in [0.05, 0.1) is 16.7 Å². The fraction of sp³-hybridized carbons (Fsp3) is 0.259. The molecule has 1 fully saturated rings. The Hall–Kier alpha value is -4.33. The largest absolute Gasteiger partial charge is 0.416 e. The molecule has 2 N–H and O–H groups in total. The van der Waals surface area contributed by atoms with Gasteiger partial charge < -0.3 is 10.2 Å². The van der Waals surface area contributed by atoms with Gasteiger partial charge in [0.1, 0.15) is 5.82 Å². The average molecular weight is 584 g/mol. The van der Waals surface area contributed by atoms with Crippen LogP contribution in [0.1, 0.15) is 30.5 Å². The third-order valence-corrected chi connectivity index (χ3v) is 6.60. The highest BCUT2D eigenvalue weighted by atomic mass is 19.4. The SMILES string of the molecule is CC1(C)[C@@H](N(O)C(=O)Nc2cccc(C(F)(F)F)c2)N(c2cccc(C(F)(F)F)c2)C(=O)N1Cc1ccc(F)cc1. The van der Waals surface area contributed by atoms with Crippen LogP contribution in [0.25, 0.3) is 0 Å². The summed E-state index contributed by atoms with van der Waals surface area (Å²) in [5, 5.41) is 13.2. The monoisotopic (exact) mass is 584 g/mol. The van der Waals surface area contributed by atoms with Crippen LogP contribution in [0.3, 0.4) is 0 Å². The summed E-state index contributed by atoms with van der Waals surface area (Å²) in [6, 6.07) is 10.0. The summed E-state index contributed by atoms with van der Waals surface area (Å²) in [6.07, 6.45) is -11.2. The van der Waals surface area contributed by atoms with E-state index in [0.29, 0.717) is 17.7 Å². The molecule has 0 saturated carbocycles. The van der Waals surface area contributed by atoms with Crippen LogP contribution in [0.4, 0.5) is 51.7 Å². The first-order valence-corrected chi connectivity index (χ1v) is 12.0. The number of halogens is 7. The number of rotatable bonds is 5. The third kappa shape index (κ3) is 6.06. The van der Waals surface area contributed by atoms with Crippen molar-refractivity contribution < 1.29 is 45.5 Å². The molecule has 0 radical (unpaired) electrons. The van der Waals surface area contributed by atoms with Gasteiger partial charge in [-0.2, -0.15) is 31.4 Å². The van der Waals surface area contributed by atoms with Crippen LogP contribution in [0, 0.1) is 5.82 Å². The molecular weight excluding hydrogens is 561 g/mol. The van der Waals surface area contributed by atoms with Crippen LogP contribution in [0.15, 0.2) is 72.8 Å². The lowest BCUT2D eigenvalue weighted by molar-refractivity contribution is -0.138. The molecular formula is C27H23F7N4O3. The number of carbonyl (C=O) groups excluding carboxylic acids is 2. The Morgan fingerprint density at radius 3 is 2.07 bits per heavy atom. The minimum Gasteiger partial charge on any atom is -0.311 e. The molecule has 0 unspecified atom stereocenters. The van der Waals surface area contributed by atoms with Gasteiger partial charge in [-0.1, -0.05) is 24.3 Å². The number of carbonyl (C=O) groups is 2. The molecule has 1 aliphatic rings. The number of anilines is 2. The zero-order chi connectivity index (χ0) is 30.3. The molecule has 1 saturated heterocycles. The lowest BCUT2D eigenvalue weighted by Gasteiger charge is -2.38. The molecule has 3 aromatic rings. The van der Waals surface area contributed by atoms with E-state index in [9.17, 15) is 45.5 Å². The molecule has 1 atom stereocenters. The summed E-state index contributed by atoms with van der Waals surface area (Å²) >= 11 is 0. The zero-order valence-electron chi connectivity index (χ0n) is 21.5. The molecule has 4 rings (SSSR count). The third-order valence-electron chi connectivity index (χ3n) is 6.60. The molecule has 0 aromatic heterocycles. The van der Waals surface area contributed by atoms with E-state index in [4.69, 9.17) is 0 Å². The molecule has 0 bridgehead atoms. The van der Waals surface area contributed by atoms with Crippen molar-refractivity contribution in [3.63, 3.8) is 0 Å². The summed E-state index contributed by atoms with van der Waals surface area (Å²) < 4.78 is 93.3. The van der Waals surface area contributed by atoms with Gasteiger partial charge in [-0.3, -0.25) is 10.1 Å². The summed E-state index contributed by atoms with van der Waals surface area (Å²) in [7, 11) is 0. The van der Waals surface area contributed by atoms with Crippen LogP contribution in [0.5, 0.6) is 0 Å². The Balaban J connectivity index is 1.74. The Bertz CT molecular complexity index is 1440. The normalized spacial score (nSPS) is 17.1. The number of nitrogens with zero attached hydrogens (tertiary/aromatic N) is 3. The molecule has 41 heavy (non-hydrogen) atoms. The number of nitrogens with one attached hydrogen (secondary N) is 1. The molecule has 1 aliphatic heterocycles. The second-order valence-corrected chi connectivity index (χ2v) is 9.79. The number of hydrogen-bond donors (Lipinski definition) is 2. The standard InChI is InChI=1S/C27H23F7N4O3/c1-25(2)22(38(41)23(39)35-20-7-3-5-17(13-20)26(29,30)31)37(21-8-4-6-18(14-21)27(32,33)34)24(40)36(25)15-16-9-11-19(28)12-10-16/h3-14,22,41H,15H2,1-2H3,(H,35,39)/t22-/m1/s1. The number of hydroxylamine groups is 2. The van der Waals surface area contributed by atoms with E-state index in [1.165, 1.54) is 36.9 Å². The molecule has 3 aromatic carbocycles. The Morgan fingerprint density at radius 1 is 0.927 bits per heavy atom. The van der Waals surface area contributed by atoms with Gasteiger partial charge in [-0.25, -0.2) is 14.0 Å². The second-order valence-electron chi connectivity index (χ2n) is 9.79. The van der Waals surface area contributed by atoms with E-state index in [2.05, 4.69) is 5.32 Å². The maximum Gasteiger partial charge on any atom is 0.416 e. The van der Waals surface area contributed by atoms with E-state index >= 15 is 0 Å². The Morgan fingerprint density at radius 2 is 1.49 bits per heavy atom. The first-order valence-electron chi connectivity index (χ1n) is 12.0. The molecule has 7 nitrogen and oxygen atoms in total. The summed E-state index contributed by atoms with van der Waals surface area (Å²) in [4.78, 5) is 28.7. The maximum absolute atomic E-state index is 13.7. The van der Waals surface area contributed by atoms with Gasteiger partial charge in [-0.15, -0.1) is 0 Å². The van der Waals surface area contributed by atoms with E-state index in [-0.39, 0.29) is 23.0 Å². The number of alkyl halides is 6. The van der Waals surface area contributed by atoms with E-state index in [1.807, 2.05) is 0 Å². The quantitative estimate of drug-likeness (QED) is 0.187. The van der Waals surface area contributed by atoms with Crippen LogP contribution in [0.2, 0.25) is 0 Å². The predicted octanol–water partition coefficient (Wildman–Crippen LogP) is 7.33. The van der Waals surface area contributed by atoms with E-state index < -0.39 is 53.1 Å². The fourth-order valence-electron chi connectivity index (χ4n) is 4.54. The van der Waals surface area contributed by atoms with Crippen LogP contribution < -0.4 is 10.2 Å². The van der Waals surface area contributed by atoms with Crippen LogP contribution >= 0.6 is 0 Å². The van der Waals surface area contributed by atoms with Crippen molar-refractivity contribution >= 4 is 23.4 Å². The predicted molar refractivity (Wildman–Crippen MR) is 133 cm³/mol. The lowest BCUT2D eigenvalue weighted by Crippen LogP contribution is -2.58. The van der Waals surface area contributed by atoms with Crippen molar-refractivity contribution in [1.29, 1.82) is 0 Å². The van der Waals surface area contributed by atoms with Gasteiger partial charge in [-0.05, 0) is 67.9 Å².